The lowest BCUT2D eigenvalue weighted by Crippen LogP contribution is -2.35. The molecule has 0 aliphatic carbocycles. The number of carbonyl (C=O) groups is 1. The highest BCUT2D eigenvalue weighted by Gasteiger charge is 2.18. The quantitative estimate of drug-likeness (QED) is 0.545. The largest absolute Gasteiger partial charge is 0.491 e. The molecule has 1 aromatic carbocycles. The molecular weight excluding hydrogens is 396 g/mol. The van der Waals surface area contributed by atoms with Crippen molar-refractivity contribution >= 4 is 16.9 Å². The number of aliphatic hydroxyl groups is 1. The molecule has 3 aromatic rings. The third-order valence-corrected chi connectivity index (χ3v) is 5.29. The van der Waals surface area contributed by atoms with E-state index in [1.807, 2.05) is 52.1 Å². The summed E-state index contributed by atoms with van der Waals surface area (Å²) in [6.07, 6.45) is 0.0501. The lowest BCUT2D eigenvalue weighted by atomic mass is 10.00. The number of hydrogen-bond donors (Lipinski definition) is 2. The van der Waals surface area contributed by atoms with Crippen molar-refractivity contribution < 1.29 is 19.4 Å². The predicted molar refractivity (Wildman–Crippen MR) is 119 cm³/mol. The summed E-state index contributed by atoms with van der Waals surface area (Å²) >= 11 is 0. The molecular formula is C23H30N4O4. The Morgan fingerprint density at radius 3 is 2.77 bits per heavy atom. The zero-order chi connectivity index (χ0) is 22.5. The Bertz CT molecular complexity index is 1080. The van der Waals surface area contributed by atoms with Gasteiger partial charge in [-0.25, -0.2) is 9.67 Å². The number of hydrogen-bond acceptors (Lipinski definition) is 6. The van der Waals surface area contributed by atoms with Gasteiger partial charge >= 0.3 is 0 Å². The normalized spacial score (nSPS) is 12.1. The summed E-state index contributed by atoms with van der Waals surface area (Å²) in [7, 11) is 3.42. The smallest absolute Gasteiger partial charge is 0.242 e. The van der Waals surface area contributed by atoms with Gasteiger partial charge in [0, 0.05) is 25.7 Å². The van der Waals surface area contributed by atoms with Gasteiger partial charge in [0.2, 0.25) is 11.8 Å². The van der Waals surface area contributed by atoms with E-state index in [9.17, 15) is 9.90 Å². The van der Waals surface area contributed by atoms with Crippen molar-refractivity contribution in [2.24, 2.45) is 7.05 Å². The second kappa shape index (κ2) is 9.78. The van der Waals surface area contributed by atoms with Gasteiger partial charge in [-0.3, -0.25) is 4.79 Å². The molecule has 1 unspecified atom stereocenters. The first kappa shape index (κ1) is 22.6. The van der Waals surface area contributed by atoms with E-state index in [2.05, 4.69) is 15.4 Å². The first-order valence-corrected chi connectivity index (χ1v) is 10.3. The summed E-state index contributed by atoms with van der Waals surface area (Å²) in [5.41, 5.74) is 4.75. The Labute approximate surface area is 182 Å². The number of carbonyl (C=O) groups excluding carboxylic acids is 1. The molecule has 8 heteroatoms. The number of benzene rings is 1. The molecule has 0 fully saturated rings. The van der Waals surface area contributed by atoms with Gasteiger partial charge in [0.15, 0.2) is 5.65 Å². The molecule has 0 aliphatic heterocycles. The molecule has 0 saturated heterocycles. The van der Waals surface area contributed by atoms with Crippen molar-refractivity contribution in [1.29, 1.82) is 0 Å². The van der Waals surface area contributed by atoms with E-state index in [1.165, 1.54) is 0 Å². The molecule has 1 atom stereocenters. The molecule has 1 amide bonds. The van der Waals surface area contributed by atoms with E-state index in [4.69, 9.17) is 9.47 Å². The molecule has 0 spiro atoms. The average Bonchev–Trinajstić information content (AvgIpc) is 3.06. The summed E-state index contributed by atoms with van der Waals surface area (Å²) in [6, 6.07) is 7.61. The first-order chi connectivity index (χ1) is 14.8. The maximum atomic E-state index is 12.3. The molecule has 8 nitrogen and oxygen atoms in total. The van der Waals surface area contributed by atoms with Crippen LogP contribution in [0.1, 0.15) is 28.8 Å². The summed E-state index contributed by atoms with van der Waals surface area (Å²) in [5, 5.41) is 18.1. The molecule has 2 aromatic heterocycles. The van der Waals surface area contributed by atoms with Gasteiger partial charge in [0.05, 0.1) is 12.5 Å². The molecule has 31 heavy (non-hydrogen) atoms. The lowest BCUT2D eigenvalue weighted by molar-refractivity contribution is -0.121. The van der Waals surface area contributed by atoms with Crippen LogP contribution < -0.4 is 14.8 Å². The van der Waals surface area contributed by atoms with Crippen LogP contribution in [0.4, 0.5) is 0 Å². The Balaban J connectivity index is 1.54. The highest BCUT2D eigenvalue weighted by atomic mass is 16.5. The van der Waals surface area contributed by atoms with Crippen LogP contribution in [-0.2, 0) is 18.3 Å². The van der Waals surface area contributed by atoms with Crippen molar-refractivity contribution in [2.45, 2.75) is 39.7 Å². The van der Waals surface area contributed by atoms with E-state index >= 15 is 0 Å². The number of rotatable bonds is 9. The molecule has 0 aliphatic rings. The highest BCUT2D eigenvalue weighted by Crippen LogP contribution is 2.30. The maximum absolute atomic E-state index is 12.3. The van der Waals surface area contributed by atoms with Crippen LogP contribution in [0, 0.1) is 20.8 Å². The number of nitrogens with zero attached hydrogens (tertiary/aromatic N) is 3. The van der Waals surface area contributed by atoms with Crippen LogP contribution >= 0.6 is 0 Å². The minimum absolute atomic E-state index is 0.114. The van der Waals surface area contributed by atoms with Crippen LogP contribution in [0.5, 0.6) is 11.6 Å². The van der Waals surface area contributed by atoms with Gasteiger partial charge in [-0.1, -0.05) is 12.1 Å². The van der Waals surface area contributed by atoms with Gasteiger partial charge in [-0.15, -0.1) is 5.10 Å². The average molecular weight is 427 g/mol. The van der Waals surface area contributed by atoms with Crippen LogP contribution in [0.2, 0.25) is 0 Å². The topological polar surface area (TPSA) is 98.5 Å². The second-order valence-electron chi connectivity index (χ2n) is 7.72. The summed E-state index contributed by atoms with van der Waals surface area (Å²) in [4.78, 5) is 17.0. The van der Waals surface area contributed by atoms with Gasteiger partial charge in [-0.05, 0) is 56.0 Å². The first-order valence-electron chi connectivity index (χ1n) is 10.3. The summed E-state index contributed by atoms with van der Waals surface area (Å²) in [5.74, 6) is 1.10. The van der Waals surface area contributed by atoms with E-state index in [-0.39, 0.29) is 19.1 Å². The highest BCUT2D eigenvalue weighted by molar-refractivity contribution is 5.86. The van der Waals surface area contributed by atoms with E-state index in [1.54, 1.807) is 11.8 Å². The third-order valence-electron chi connectivity index (χ3n) is 5.29. The Hall–Kier alpha value is -3.13. The zero-order valence-electron chi connectivity index (χ0n) is 18.7. The fourth-order valence-corrected chi connectivity index (χ4v) is 3.62. The number of amides is 1. The standard InChI is InChI=1S/C23H30N4O4/c1-14-7-6-8-18(11-14)31-13-17(28)12-24-20(29)10-9-19-15(2)21-22(25-16(19)3)27(4)26-23(21)30-5/h6-8,11,17,28H,9-10,12-13H2,1-5H3,(H,24,29). The fraction of sp³-hybridized carbons (Fsp3) is 0.435. The van der Waals surface area contributed by atoms with Crippen molar-refractivity contribution in [2.75, 3.05) is 20.3 Å². The van der Waals surface area contributed by atoms with Gasteiger partial charge < -0.3 is 19.9 Å². The number of ether oxygens (including phenoxy) is 2. The molecule has 2 N–H and O–H groups in total. The van der Waals surface area contributed by atoms with Crippen LogP contribution in [-0.4, -0.2) is 52.1 Å². The molecule has 0 radical (unpaired) electrons. The monoisotopic (exact) mass is 426 g/mol. The van der Waals surface area contributed by atoms with Gasteiger partial charge in [0.25, 0.3) is 0 Å². The second-order valence-corrected chi connectivity index (χ2v) is 7.72. The third kappa shape index (κ3) is 5.32. The summed E-state index contributed by atoms with van der Waals surface area (Å²) in [6.45, 7) is 6.16. The zero-order valence-corrected chi connectivity index (χ0v) is 18.7. The van der Waals surface area contributed by atoms with Crippen LogP contribution in [0.15, 0.2) is 24.3 Å². The van der Waals surface area contributed by atoms with Crippen molar-refractivity contribution in [1.82, 2.24) is 20.1 Å². The molecule has 3 rings (SSSR count). The van der Waals surface area contributed by atoms with E-state index < -0.39 is 6.10 Å². The molecule has 166 valence electrons. The molecule has 0 bridgehead atoms. The number of aryl methyl sites for hydroxylation is 4. The minimum atomic E-state index is -0.786. The number of pyridine rings is 1. The lowest BCUT2D eigenvalue weighted by Gasteiger charge is -2.14. The minimum Gasteiger partial charge on any atom is -0.491 e. The van der Waals surface area contributed by atoms with Crippen molar-refractivity contribution in [3.05, 3.63) is 46.6 Å². The van der Waals surface area contributed by atoms with Gasteiger partial charge in [0.1, 0.15) is 18.5 Å². The number of fused-ring (bicyclic) bond motifs is 1. The molecule has 2 heterocycles. The van der Waals surface area contributed by atoms with Crippen molar-refractivity contribution in [3.8, 4) is 11.6 Å². The predicted octanol–water partition coefficient (Wildman–Crippen LogP) is 2.39. The molecule has 0 saturated carbocycles. The number of methoxy groups -OCH3 is 1. The van der Waals surface area contributed by atoms with Crippen LogP contribution in [0.25, 0.3) is 11.0 Å². The SMILES string of the molecule is COc1nn(C)c2nc(C)c(CCC(=O)NCC(O)COc3cccc(C)c3)c(C)c12. The fourth-order valence-electron chi connectivity index (χ4n) is 3.62. The Morgan fingerprint density at radius 2 is 2.06 bits per heavy atom. The summed E-state index contributed by atoms with van der Waals surface area (Å²) < 4.78 is 12.7. The number of nitrogens with one attached hydrogen (secondary N) is 1. The van der Waals surface area contributed by atoms with Gasteiger partial charge in [-0.2, -0.15) is 0 Å². The van der Waals surface area contributed by atoms with E-state index in [0.717, 1.165) is 33.4 Å². The maximum Gasteiger partial charge on any atom is 0.242 e. The van der Waals surface area contributed by atoms with Crippen molar-refractivity contribution in [3.63, 3.8) is 0 Å². The van der Waals surface area contributed by atoms with E-state index in [0.29, 0.717) is 24.5 Å². The number of aliphatic hydroxyl groups excluding tert-OH is 1. The Morgan fingerprint density at radius 1 is 1.29 bits per heavy atom. The number of aromatic nitrogens is 3. The van der Waals surface area contributed by atoms with Crippen LogP contribution in [0.3, 0.4) is 0 Å². The Kier molecular flexibility index (Phi) is 7.12.